The standard InChI is InChI=1S/C6H8BrN3/c7-4-1-5(9)6(2-8)10-3-4/h1,3H,2,8-9H2. The summed E-state index contributed by atoms with van der Waals surface area (Å²) in [5.41, 5.74) is 12.3. The summed E-state index contributed by atoms with van der Waals surface area (Å²) in [4.78, 5) is 4.00. The fraction of sp³-hybridized carbons (Fsp3) is 0.167. The predicted octanol–water partition coefficient (Wildman–Crippen LogP) is 0.885. The van der Waals surface area contributed by atoms with Crippen LogP contribution in [0, 0.1) is 0 Å². The van der Waals surface area contributed by atoms with Crippen LogP contribution in [0.15, 0.2) is 16.7 Å². The van der Waals surface area contributed by atoms with E-state index in [2.05, 4.69) is 20.9 Å². The molecule has 1 rings (SSSR count). The Kier molecular flexibility index (Phi) is 2.24. The number of rotatable bonds is 1. The van der Waals surface area contributed by atoms with Crippen LogP contribution in [0.25, 0.3) is 0 Å². The number of aromatic nitrogens is 1. The minimum atomic E-state index is 0.388. The zero-order valence-electron chi connectivity index (χ0n) is 5.34. The fourth-order valence-corrected chi connectivity index (χ4v) is 1.00. The highest BCUT2D eigenvalue weighted by atomic mass is 79.9. The van der Waals surface area contributed by atoms with Gasteiger partial charge < -0.3 is 11.5 Å². The summed E-state index contributed by atoms with van der Waals surface area (Å²) in [6, 6.07) is 1.79. The molecular weight excluding hydrogens is 194 g/mol. The number of nitrogens with two attached hydrogens (primary N) is 2. The molecule has 1 heterocycles. The van der Waals surface area contributed by atoms with Gasteiger partial charge >= 0.3 is 0 Å². The van der Waals surface area contributed by atoms with Crippen molar-refractivity contribution in [3.05, 3.63) is 22.4 Å². The zero-order valence-corrected chi connectivity index (χ0v) is 6.93. The Bertz CT molecular complexity index is 236. The SMILES string of the molecule is NCc1ncc(Br)cc1N. The monoisotopic (exact) mass is 201 g/mol. The van der Waals surface area contributed by atoms with Gasteiger partial charge in [-0.1, -0.05) is 0 Å². The molecule has 0 aromatic carbocycles. The lowest BCUT2D eigenvalue weighted by atomic mass is 10.3. The molecule has 0 aliphatic carbocycles. The second-order valence-electron chi connectivity index (χ2n) is 1.89. The molecule has 0 aliphatic heterocycles. The minimum Gasteiger partial charge on any atom is -0.397 e. The van der Waals surface area contributed by atoms with Crippen molar-refractivity contribution in [3.8, 4) is 0 Å². The largest absolute Gasteiger partial charge is 0.397 e. The Balaban J connectivity index is 3.07. The molecule has 0 aliphatic rings. The van der Waals surface area contributed by atoms with E-state index in [0.29, 0.717) is 12.2 Å². The highest BCUT2D eigenvalue weighted by Gasteiger charge is 1.96. The summed E-state index contributed by atoms with van der Waals surface area (Å²) in [5.74, 6) is 0. The van der Waals surface area contributed by atoms with E-state index in [1.54, 1.807) is 12.3 Å². The molecule has 54 valence electrons. The lowest BCUT2D eigenvalue weighted by Crippen LogP contribution is -2.03. The molecule has 0 amide bonds. The van der Waals surface area contributed by atoms with Gasteiger partial charge in [-0.2, -0.15) is 0 Å². The topological polar surface area (TPSA) is 64.9 Å². The molecule has 10 heavy (non-hydrogen) atoms. The lowest BCUT2D eigenvalue weighted by molar-refractivity contribution is 0.993. The Morgan fingerprint density at radius 3 is 2.80 bits per heavy atom. The molecule has 0 atom stereocenters. The van der Waals surface area contributed by atoms with Crippen LogP contribution in [0.1, 0.15) is 5.69 Å². The molecule has 0 bridgehead atoms. The van der Waals surface area contributed by atoms with Crippen molar-refractivity contribution < 1.29 is 0 Å². The quantitative estimate of drug-likeness (QED) is 0.710. The summed E-state index contributed by atoms with van der Waals surface area (Å²) in [6.07, 6.45) is 1.68. The van der Waals surface area contributed by atoms with E-state index in [9.17, 15) is 0 Å². The van der Waals surface area contributed by atoms with Crippen molar-refractivity contribution in [2.24, 2.45) is 5.73 Å². The van der Waals surface area contributed by atoms with Gasteiger partial charge in [0, 0.05) is 17.2 Å². The van der Waals surface area contributed by atoms with E-state index in [0.717, 1.165) is 10.2 Å². The summed E-state index contributed by atoms with van der Waals surface area (Å²) >= 11 is 3.24. The maximum Gasteiger partial charge on any atom is 0.0769 e. The van der Waals surface area contributed by atoms with Gasteiger partial charge in [-0.15, -0.1) is 0 Å². The van der Waals surface area contributed by atoms with Gasteiger partial charge in [0.25, 0.3) is 0 Å². The van der Waals surface area contributed by atoms with E-state index < -0.39 is 0 Å². The smallest absolute Gasteiger partial charge is 0.0769 e. The van der Waals surface area contributed by atoms with Gasteiger partial charge in [-0.25, -0.2) is 0 Å². The highest BCUT2D eigenvalue weighted by Crippen LogP contribution is 2.14. The number of nitrogen functional groups attached to an aromatic ring is 1. The van der Waals surface area contributed by atoms with E-state index in [4.69, 9.17) is 11.5 Å². The third-order valence-electron chi connectivity index (χ3n) is 1.16. The van der Waals surface area contributed by atoms with Crippen molar-refractivity contribution in [2.75, 3.05) is 5.73 Å². The van der Waals surface area contributed by atoms with E-state index >= 15 is 0 Å². The van der Waals surface area contributed by atoms with Crippen molar-refractivity contribution in [1.82, 2.24) is 4.98 Å². The minimum absolute atomic E-state index is 0.388. The van der Waals surface area contributed by atoms with Gasteiger partial charge in [0.2, 0.25) is 0 Å². The van der Waals surface area contributed by atoms with Gasteiger partial charge in [0.1, 0.15) is 0 Å². The van der Waals surface area contributed by atoms with Gasteiger partial charge in [0.15, 0.2) is 0 Å². The van der Waals surface area contributed by atoms with Crippen LogP contribution in [0.3, 0.4) is 0 Å². The Hall–Kier alpha value is -0.610. The third kappa shape index (κ3) is 1.46. The van der Waals surface area contributed by atoms with Crippen LogP contribution >= 0.6 is 15.9 Å². The summed E-state index contributed by atoms with van der Waals surface area (Å²) in [7, 11) is 0. The highest BCUT2D eigenvalue weighted by molar-refractivity contribution is 9.10. The number of hydrogen-bond acceptors (Lipinski definition) is 3. The summed E-state index contributed by atoms with van der Waals surface area (Å²) in [5, 5.41) is 0. The van der Waals surface area contributed by atoms with Crippen LogP contribution in [0.2, 0.25) is 0 Å². The molecule has 1 aromatic rings. The van der Waals surface area contributed by atoms with Crippen molar-refractivity contribution in [2.45, 2.75) is 6.54 Å². The molecule has 3 nitrogen and oxygen atoms in total. The Morgan fingerprint density at radius 2 is 2.30 bits per heavy atom. The zero-order chi connectivity index (χ0) is 7.56. The van der Waals surface area contributed by atoms with Crippen molar-refractivity contribution in [1.29, 1.82) is 0 Å². The average molecular weight is 202 g/mol. The molecule has 4 heteroatoms. The molecule has 0 unspecified atom stereocenters. The fourth-order valence-electron chi connectivity index (χ4n) is 0.654. The number of nitrogens with zero attached hydrogens (tertiary/aromatic N) is 1. The number of pyridine rings is 1. The van der Waals surface area contributed by atoms with Crippen LogP contribution in [0.4, 0.5) is 5.69 Å². The molecule has 0 saturated heterocycles. The molecular formula is C6H8BrN3. The van der Waals surface area contributed by atoms with Crippen LogP contribution in [-0.2, 0) is 6.54 Å². The number of anilines is 1. The van der Waals surface area contributed by atoms with Gasteiger partial charge in [0.05, 0.1) is 11.4 Å². The first-order chi connectivity index (χ1) is 4.74. The first-order valence-corrected chi connectivity index (χ1v) is 3.63. The van der Waals surface area contributed by atoms with E-state index in [-0.39, 0.29) is 0 Å². The van der Waals surface area contributed by atoms with Crippen molar-refractivity contribution in [3.63, 3.8) is 0 Å². The average Bonchev–Trinajstić information content (AvgIpc) is 1.88. The predicted molar refractivity (Wildman–Crippen MR) is 44.2 cm³/mol. The van der Waals surface area contributed by atoms with Crippen LogP contribution in [0.5, 0.6) is 0 Å². The molecule has 1 aromatic heterocycles. The lowest BCUT2D eigenvalue weighted by Gasteiger charge is -1.99. The maximum absolute atomic E-state index is 5.56. The molecule has 0 radical (unpaired) electrons. The molecule has 0 spiro atoms. The normalized spacial score (nSPS) is 9.80. The molecule has 0 saturated carbocycles. The first kappa shape index (κ1) is 7.50. The summed E-state index contributed by atoms with van der Waals surface area (Å²) in [6.45, 7) is 0.388. The third-order valence-corrected chi connectivity index (χ3v) is 1.60. The maximum atomic E-state index is 5.56. The van der Waals surface area contributed by atoms with Crippen LogP contribution in [-0.4, -0.2) is 4.98 Å². The molecule has 4 N–H and O–H groups in total. The Labute approximate surface area is 67.6 Å². The van der Waals surface area contributed by atoms with Gasteiger partial charge in [-0.3, -0.25) is 4.98 Å². The van der Waals surface area contributed by atoms with E-state index in [1.807, 2.05) is 0 Å². The number of halogens is 1. The second-order valence-corrected chi connectivity index (χ2v) is 2.81. The summed E-state index contributed by atoms with van der Waals surface area (Å²) < 4.78 is 0.877. The van der Waals surface area contributed by atoms with Gasteiger partial charge in [-0.05, 0) is 22.0 Å². The Morgan fingerprint density at radius 1 is 1.60 bits per heavy atom. The number of hydrogen-bond donors (Lipinski definition) is 2. The van der Waals surface area contributed by atoms with E-state index in [1.165, 1.54) is 0 Å². The van der Waals surface area contributed by atoms with Crippen LogP contribution < -0.4 is 11.5 Å². The second kappa shape index (κ2) is 2.98. The first-order valence-electron chi connectivity index (χ1n) is 2.84. The molecule has 0 fully saturated rings. The van der Waals surface area contributed by atoms with Crippen molar-refractivity contribution >= 4 is 21.6 Å².